The third-order valence-electron chi connectivity index (χ3n) is 5.04. The van der Waals surface area contributed by atoms with E-state index in [0.29, 0.717) is 21.8 Å². The molecule has 1 atom stereocenters. The van der Waals surface area contributed by atoms with Gasteiger partial charge in [-0.1, -0.05) is 53.3 Å². The molecular formula is C23H17ClN2O5S. The number of ketones is 1. The largest absolute Gasteiger partial charge is 0.507 e. The van der Waals surface area contributed by atoms with Crippen molar-refractivity contribution in [1.82, 2.24) is 4.98 Å². The lowest BCUT2D eigenvalue weighted by molar-refractivity contribution is -0.132. The zero-order valence-corrected chi connectivity index (χ0v) is 18.6. The Kier molecular flexibility index (Phi) is 5.82. The Bertz CT molecular complexity index is 1250. The van der Waals surface area contributed by atoms with Crippen LogP contribution in [-0.2, 0) is 14.3 Å². The summed E-state index contributed by atoms with van der Waals surface area (Å²) in [7, 11) is 1.25. The number of hydrogen-bond acceptors (Lipinski definition) is 7. The van der Waals surface area contributed by atoms with Crippen molar-refractivity contribution in [2.24, 2.45) is 0 Å². The van der Waals surface area contributed by atoms with Gasteiger partial charge in [-0.15, -0.1) is 0 Å². The van der Waals surface area contributed by atoms with Crippen LogP contribution in [-0.4, -0.2) is 34.9 Å². The Hall–Kier alpha value is -3.49. The third kappa shape index (κ3) is 3.68. The van der Waals surface area contributed by atoms with Gasteiger partial charge >= 0.3 is 11.9 Å². The van der Waals surface area contributed by atoms with Gasteiger partial charge in [-0.2, -0.15) is 0 Å². The molecule has 9 heteroatoms. The van der Waals surface area contributed by atoms with Crippen molar-refractivity contribution in [3.8, 4) is 0 Å². The molecule has 2 heterocycles. The maximum atomic E-state index is 13.1. The van der Waals surface area contributed by atoms with Gasteiger partial charge in [-0.05, 0) is 36.8 Å². The van der Waals surface area contributed by atoms with Crippen LogP contribution in [0.25, 0.3) is 5.76 Å². The molecule has 3 aromatic rings. The van der Waals surface area contributed by atoms with Gasteiger partial charge < -0.3 is 9.84 Å². The monoisotopic (exact) mass is 468 g/mol. The van der Waals surface area contributed by atoms with E-state index >= 15 is 0 Å². The van der Waals surface area contributed by atoms with E-state index in [4.69, 9.17) is 16.3 Å². The van der Waals surface area contributed by atoms with Crippen molar-refractivity contribution in [3.63, 3.8) is 0 Å². The molecule has 1 saturated heterocycles. The van der Waals surface area contributed by atoms with Gasteiger partial charge in [0.1, 0.15) is 10.6 Å². The Morgan fingerprint density at radius 1 is 1.12 bits per heavy atom. The number of halogens is 1. The topological polar surface area (TPSA) is 96.8 Å². The number of anilines is 1. The molecule has 0 aliphatic carbocycles. The number of carbonyl (C=O) groups excluding carboxylic acids is 3. The molecule has 0 saturated carbocycles. The third-order valence-corrected chi connectivity index (χ3v) is 6.43. The number of rotatable bonds is 4. The molecule has 1 fully saturated rings. The number of hydrogen-bond donors (Lipinski definition) is 1. The van der Waals surface area contributed by atoms with Gasteiger partial charge in [-0.25, -0.2) is 9.78 Å². The van der Waals surface area contributed by atoms with E-state index in [1.807, 2.05) is 0 Å². The number of nitrogens with zero attached hydrogens (tertiary/aromatic N) is 2. The highest BCUT2D eigenvalue weighted by molar-refractivity contribution is 7.17. The average Bonchev–Trinajstić information content (AvgIpc) is 3.31. The predicted molar refractivity (Wildman–Crippen MR) is 121 cm³/mol. The molecule has 2 aromatic carbocycles. The Morgan fingerprint density at radius 2 is 1.78 bits per heavy atom. The van der Waals surface area contributed by atoms with Gasteiger partial charge in [0.2, 0.25) is 0 Å². The summed E-state index contributed by atoms with van der Waals surface area (Å²) in [5.74, 6) is -2.60. The molecule has 1 unspecified atom stereocenters. The van der Waals surface area contributed by atoms with E-state index < -0.39 is 23.7 Å². The average molecular weight is 469 g/mol. The number of amides is 1. The molecule has 32 heavy (non-hydrogen) atoms. The van der Waals surface area contributed by atoms with Crippen LogP contribution in [0.4, 0.5) is 5.13 Å². The van der Waals surface area contributed by atoms with Crippen LogP contribution in [0, 0.1) is 6.92 Å². The molecule has 1 aliphatic rings. The maximum absolute atomic E-state index is 13.1. The van der Waals surface area contributed by atoms with Crippen LogP contribution in [0.2, 0.25) is 5.02 Å². The number of aliphatic hydroxyl groups excluding tert-OH is 1. The fourth-order valence-corrected chi connectivity index (χ4v) is 4.65. The smallest absolute Gasteiger partial charge is 0.350 e. The highest BCUT2D eigenvalue weighted by Gasteiger charge is 2.48. The molecular weight excluding hydrogens is 452 g/mol. The van der Waals surface area contributed by atoms with Crippen molar-refractivity contribution in [1.29, 1.82) is 0 Å². The summed E-state index contributed by atoms with van der Waals surface area (Å²) >= 11 is 6.89. The highest BCUT2D eigenvalue weighted by Crippen LogP contribution is 2.43. The number of thiazole rings is 1. The van der Waals surface area contributed by atoms with Gasteiger partial charge in [0, 0.05) is 10.6 Å². The van der Waals surface area contributed by atoms with E-state index in [-0.39, 0.29) is 21.3 Å². The fraction of sp³-hybridized carbons (Fsp3) is 0.130. The van der Waals surface area contributed by atoms with E-state index in [0.717, 1.165) is 11.3 Å². The summed E-state index contributed by atoms with van der Waals surface area (Å²) in [6.07, 6.45) is 0. The second-order valence-corrected chi connectivity index (χ2v) is 8.40. The molecule has 7 nitrogen and oxygen atoms in total. The van der Waals surface area contributed by atoms with Crippen molar-refractivity contribution >= 4 is 51.5 Å². The zero-order valence-electron chi connectivity index (χ0n) is 17.0. The van der Waals surface area contributed by atoms with Crippen molar-refractivity contribution < 1.29 is 24.2 Å². The minimum Gasteiger partial charge on any atom is -0.507 e. The SMILES string of the molecule is COC(=O)c1sc(N2C(=O)C(=O)C(=C(O)c3ccc(Cl)cc3)C2c2ccccc2)nc1C. The van der Waals surface area contributed by atoms with Crippen molar-refractivity contribution in [3.05, 3.63) is 86.9 Å². The number of carbonyl (C=O) groups is 3. The Morgan fingerprint density at radius 3 is 2.41 bits per heavy atom. The lowest BCUT2D eigenvalue weighted by Gasteiger charge is -2.22. The molecule has 0 spiro atoms. The number of methoxy groups -OCH3 is 1. The van der Waals surface area contributed by atoms with Gasteiger partial charge in [-0.3, -0.25) is 14.5 Å². The van der Waals surface area contributed by atoms with Crippen LogP contribution >= 0.6 is 22.9 Å². The summed E-state index contributed by atoms with van der Waals surface area (Å²) in [5.41, 5.74) is 1.26. The lowest BCUT2D eigenvalue weighted by atomic mass is 9.95. The molecule has 0 bridgehead atoms. The minimum atomic E-state index is -0.928. The number of aliphatic hydroxyl groups is 1. The maximum Gasteiger partial charge on any atom is 0.350 e. The second-order valence-electron chi connectivity index (χ2n) is 6.99. The zero-order chi connectivity index (χ0) is 23.0. The number of esters is 1. The summed E-state index contributed by atoms with van der Waals surface area (Å²) in [4.78, 5) is 44.1. The molecule has 1 N–H and O–H groups in total. The molecule has 0 radical (unpaired) electrons. The first-order valence-corrected chi connectivity index (χ1v) is 10.7. The Balaban J connectivity index is 1.92. The standard InChI is InChI=1S/C23H17ClN2O5S/c1-12-20(22(30)31-2)32-23(25-12)26-17(13-6-4-3-5-7-13)16(19(28)21(26)29)18(27)14-8-10-15(24)11-9-14/h3-11,17,27H,1-2H3. The van der Waals surface area contributed by atoms with Crippen LogP contribution in [0.5, 0.6) is 0 Å². The van der Waals surface area contributed by atoms with E-state index in [1.165, 1.54) is 12.0 Å². The first-order valence-electron chi connectivity index (χ1n) is 9.51. The molecule has 162 valence electrons. The predicted octanol–water partition coefficient (Wildman–Crippen LogP) is 4.52. The quantitative estimate of drug-likeness (QED) is 0.262. The van der Waals surface area contributed by atoms with E-state index in [2.05, 4.69) is 4.98 Å². The number of Topliss-reactive ketones (excluding diaryl/α,β-unsaturated/α-hetero) is 1. The normalized spacial score (nSPS) is 17.6. The fourth-order valence-electron chi connectivity index (χ4n) is 3.51. The number of benzene rings is 2. The van der Waals surface area contributed by atoms with E-state index in [9.17, 15) is 19.5 Å². The molecule has 1 aliphatic heterocycles. The van der Waals surface area contributed by atoms with Gasteiger partial charge in [0.15, 0.2) is 5.13 Å². The summed E-state index contributed by atoms with van der Waals surface area (Å²) in [6.45, 7) is 1.62. The highest BCUT2D eigenvalue weighted by atomic mass is 35.5. The molecule has 1 amide bonds. The first kappa shape index (κ1) is 21.7. The van der Waals surface area contributed by atoms with Crippen LogP contribution in [0.3, 0.4) is 0 Å². The van der Waals surface area contributed by atoms with Crippen molar-refractivity contribution in [2.45, 2.75) is 13.0 Å². The van der Waals surface area contributed by atoms with E-state index in [1.54, 1.807) is 61.5 Å². The minimum absolute atomic E-state index is 0.0732. The summed E-state index contributed by atoms with van der Waals surface area (Å²) in [6, 6.07) is 14.2. The van der Waals surface area contributed by atoms with Gasteiger partial charge in [0.05, 0.1) is 24.4 Å². The first-order chi connectivity index (χ1) is 15.3. The lowest BCUT2D eigenvalue weighted by Crippen LogP contribution is -2.29. The molecule has 1 aromatic heterocycles. The van der Waals surface area contributed by atoms with Crippen molar-refractivity contribution in [2.75, 3.05) is 12.0 Å². The molecule has 4 rings (SSSR count). The Labute approximate surface area is 192 Å². The van der Waals surface area contributed by atoms with Gasteiger partial charge in [0.25, 0.3) is 5.78 Å². The number of ether oxygens (including phenoxy) is 1. The second kappa shape index (κ2) is 8.57. The summed E-state index contributed by atoms with van der Waals surface area (Å²) in [5, 5.41) is 11.7. The van der Waals surface area contributed by atoms with Crippen LogP contribution in [0.15, 0.2) is 60.2 Å². The number of aromatic nitrogens is 1. The van der Waals surface area contributed by atoms with Crippen LogP contribution < -0.4 is 4.90 Å². The summed E-state index contributed by atoms with van der Waals surface area (Å²) < 4.78 is 4.78. The van der Waals surface area contributed by atoms with Crippen LogP contribution in [0.1, 0.15) is 32.5 Å². The number of aryl methyl sites for hydroxylation is 1.